The van der Waals surface area contributed by atoms with Crippen LogP contribution in [0.5, 0.6) is 11.5 Å². The van der Waals surface area contributed by atoms with Crippen molar-refractivity contribution in [3.8, 4) is 11.5 Å². The van der Waals surface area contributed by atoms with E-state index in [1.165, 1.54) is 30.6 Å². The van der Waals surface area contributed by atoms with Crippen LogP contribution in [-0.2, 0) is 11.2 Å². The van der Waals surface area contributed by atoms with E-state index in [1.54, 1.807) is 24.4 Å². The summed E-state index contributed by atoms with van der Waals surface area (Å²) in [5.74, 6) is -0.358. The second kappa shape index (κ2) is 9.80. The van der Waals surface area contributed by atoms with Crippen molar-refractivity contribution in [1.82, 2.24) is 4.98 Å². The van der Waals surface area contributed by atoms with E-state index < -0.39 is 5.91 Å². The molecule has 0 bridgehead atoms. The van der Waals surface area contributed by atoms with Gasteiger partial charge in [-0.05, 0) is 35.9 Å². The third-order valence-corrected chi connectivity index (χ3v) is 5.45. The van der Waals surface area contributed by atoms with Crippen LogP contribution >= 0.6 is 34.5 Å². The summed E-state index contributed by atoms with van der Waals surface area (Å²) in [6, 6.07) is 9.91. The van der Waals surface area contributed by atoms with Crippen LogP contribution in [0.1, 0.15) is 20.8 Å². The van der Waals surface area contributed by atoms with Gasteiger partial charge in [0.25, 0.3) is 11.8 Å². The monoisotopic (exact) mass is 465 g/mol. The molecule has 0 aliphatic rings. The maximum absolute atomic E-state index is 12.6. The molecule has 0 spiro atoms. The van der Waals surface area contributed by atoms with E-state index >= 15 is 0 Å². The third-order valence-electron chi connectivity index (χ3n) is 3.95. The number of hydrogen-bond acceptors (Lipinski definition) is 6. The molecule has 1 aromatic heterocycles. The van der Waals surface area contributed by atoms with Crippen molar-refractivity contribution < 1.29 is 19.1 Å². The summed E-state index contributed by atoms with van der Waals surface area (Å²) in [5.41, 5.74) is 6.33. The number of methoxy groups -OCH3 is 1. The minimum atomic E-state index is -0.613. The average Bonchev–Trinajstić information content (AvgIpc) is 3.15. The Bertz CT molecular complexity index is 1090. The molecule has 10 heteroatoms. The molecule has 0 radical (unpaired) electrons. The number of carbonyl (C=O) groups excluding carboxylic acids is 2. The van der Waals surface area contributed by atoms with Crippen molar-refractivity contribution in [2.75, 3.05) is 19.0 Å². The summed E-state index contributed by atoms with van der Waals surface area (Å²) < 4.78 is 10.5. The lowest BCUT2D eigenvalue weighted by Gasteiger charge is -2.11. The van der Waals surface area contributed by atoms with Crippen LogP contribution < -0.4 is 20.5 Å². The number of ether oxygens (including phenoxy) is 2. The zero-order valence-electron chi connectivity index (χ0n) is 15.8. The topological polar surface area (TPSA) is 104 Å². The second-order valence-electron chi connectivity index (χ2n) is 6.12. The number of thiazole rings is 1. The zero-order chi connectivity index (χ0) is 21.7. The van der Waals surface area contributed by atoms with Gasteiger partial charge in [-0.25, -0.2) is 4.98 Å². The first-order valence-corrected chi connectivity index (χ1v) is 10.2. The van der Waals surface area contributed by atoms with Gasteiger partial charge in [-0.3, -0.25) is 14.9 Å². The molecule has 3 N–H and O–H groups in total. The molecule has 0 saturated carbocycles. The second-order valence-corrected chi connectivity index (χ2v) is 8.08. The molecule has 7 nitrogen and oxygen atoms in total. The number of rotatable bonds is 8. The van der Waals surface area contributed by atoms with Crippen LogP contribution in [-0.4, -0.2) is 30.5 Å². The maximum atomic E-state index is 12.6. The van der Waals surface area contributed by atoms with Gasteiger partial charge in [0, 0.05) is 33.1 Å². The maximum Gasteiger partial charge on any atom is 0.257 e. The summed E-state index contributed by atoms with van der Waals surface area (Å²) in [5, 5.41) is 4.35. The summed E-state index contributed by atoms with van der Waals surface area (Å²) in [6.45, 7) is -0.290. The number of benzene rings is 2. The van der Waals surface area contributed by atoms with Crippen LogP contribution in [0.4, 0.5) is 5.13 Å². The van der Waals surface area contributed by atoms with Crippen molar-refractivity contribution in [1.29, 1.82) is 0 Å². The molecule has 2 amide bonds. The molecule has 2 aromatic carbocycles. The standard InChI is InChI=1S/C20H17Cl2N3O4S/c1-28-17-7-12(3-5-16(17)29-10-18(23)26)19(27)25-20-24-9-14(30-20)6-11-2-4-13(21)8-15(11)22/h2-5,7-9H,6,10H2,1H3,(H2,23,26)(H,24,25,27). The fourth-order valence-electron chi connectivity index (χ4n) is 2.55. The molecule has 0 fully saturated rings. The Morgan fingerprint density at radius 1 is 1.17 bits per heavy atom. The number of nitrogens with two attached hydrogens (primary N) is 1. The average molecular weight is 466 g/mol. The first-order chi connectivity index (χ1) is 14.4. The summed E-state index contributed by atoms with van der Waals surface area (Å²) >= 11 is 13.5. The summed E-state index contributed by atoms with van der Waals surface area (Å²) in [6.07, 6.45) is 2.26. The van der Waals surface area contributed by atoms with Crippen LogP contribution in [0.2, 0.25) is 10.0 Å². The predicted molar refractivity (Wildman–Crippen MR) is 117 cm³/mol. The van der Waals surface area contributed by atoms with E-state index in [0.29, 0.717) is 38.7 Å². The minimum absolute atomic E-state index is 0.290. The normalized spacial score (nSPS) is 10.5. The van der Waals surface area contributed by atoms with Crippen molar-refractivity contribution in [2.45, 2.75) is 6.42 Å². The minimum Gasteiger partial charge on any atom is -0.493 e. The highest BCUT2D eigenvalue weighted by atomic mass is 35.5. The van der Waals surface area contributed by atoms with Gasteiger partial charge in [0.15, 0.2) is 23.2 Å². The summed E-state index contributed by atoms with van der Waals surface area (Å²) in [4.78, 5) is 28.6. The number of nitrogens with one attached hydrogen (secondary N) is 1. The van der Waals surface area contributed by atoms with E-state index in [2.05, 4.69) is 10.3 Å². The van der Waals surface area contributed by atoms with Crippen molar-refractivity contribution in [3.63, 3.8) is 0 Å². The first-order valence-electron chi connectivity index (χ1n) is 8.65. The molecule has 0 saturated heterocycles. The Kier molecular flexibility index (Phi) is 7.15. The lowest BCUT2D eigenvalue weighted by Crippen LogP contribution is -2.20. The Balaban J connectivity index is 1.68. The Morgan fingerprint density at radius 3 is 2.67 bits per heavy atom. The third kappa shape index (κ3) is 5.63. The van der Waals surface area contributed by atoms with E-state index in [1.807, 2.05) is 6.07 Å². The number of aromatic nitrogens is 1. The Morgan fingerprint density at radius 2 is 1.97 bits per heavy atom. The van der Waals surface area contributed by atoms with Crippen LogP contribution in [0.3, 0.4) is 0 Å². The predicted octanol–water partition coefficient (Wildman–Crippen LogP) is 4.17. The molecule has 0 atom stereocenters. The van der Waals surface area contributed by atoms with Gasteiger partial charge in [0.05, 0.1) is 7.11 Å². The van der Waals surface area contributed by atoms with Crippen LogP contribution in [0.25, 0.3) is 0 Å². The smallest absolute Gasteiger partial charge is 0.257 e. The fraction of sp³-hybridized carbons (Fsp3) is 0.150. The number of primary amides is 1. The lowest BCUT2D eigenvalue weighted by atomic mass is 10.1. The highest BCUT2D eigenvalue weighted by Crippen LogP contribution is 2.30. The van der Waals surface area contributed by atoms with Crippen LogP contribution in [0, 0.1) is 0 Å². The molecular weight excluding hydrogens is 449 g/mol. The van der Waals surface area contributed by atoms with Crippen molar-refractivity contribution in [3.05, 3.63) is 68.6 Å². The van der Waals surface area contributed by atoms with E-state index in [0.717, 1.165) is 10.4 Å². The van der Waals surface area contributed by atoms with Gasteiger partial charge < -0.3 is 15.2 Å². The Hall–Kier alpha value is -2.81. The number of nitrogens with zero attached hydrogens (tertiary/aromatic N) is 1. The quantitative estimate of drug-likeness (QED) is 0.519. The van der Waals surface area contributed by atoms with Gasteiger partial charge in [-0.1, -0.05) is 29.3 Å². The molecular formula is C20H17Cl2N3O4S. The molecule has 0 aliphatic heterocycles. The SMILES string of the molecule is COc1cc(C(=O)Nc2ncc(Cc3ccc(Cl)cc3Cl)s2)ccc1OCC(N)=O. The number of anilines is 1. The first kappa shape index (κ1) is 21.9. The zero-order valence-corrected chi connectivity index (χ0v) is 18.1. The van der Waals surface area contributed by atoms with Gasteiger partial charge in [-0.15, -0.1) is 11.3 Å². The van der Waals surface area contributed by atoms with Gasteiger partial charge in [-0.2, -0.15) is 0 Å². The van der Waals surface area contributed by atoms with Gasteiger partial charge >= 0.3 is 0 Å². The number of carbonyl (C=O) groups is 2. The van der Waals surface area contributed by atoms with Crippen LogP contribution in [0.15, 0.2) is 42.6 Å². The molecule has 156 valence electrons. The van der Waals surface area contributed by atoms with Crippen molar-refractivity contribution >= 4 is 51.5 Å². The largest absolute Gasteiger partial charge is 0.493 e. The summed E-state index contributed by atoms with van der Waals surface area (Å²) in [7, 11) is 1.43. The number of halogens is 2. The number of amides is 2. The molecule has 1 heterocycles. The molecule has 0 unspecified atom stereocenters. The van der Waals surface area contributed by atoms with E-state index in [9.17, 15) is 9.59 Å². The fourth-order valence-corrected chi connectivity index (χ4v) is 3.85. The van der Waals surface area contributed by atoms with Gasteiger partial charge in [0.1, 0.15) is 0 Å². The van der Waals surface area contributed by atoms with E-state index in [4.69, 9.17) is 38.4 Å². The molecule has 30 heavy (non-hydrogen) atoms. The molecule has 3 rings (SSSR count). The molecule has 3 aromatic rings. The number of hydrogen-bond donors (Lipinski definition) is 2. The lowest BCUT2D eigenvalue weighted by molar-refractivity contribution is -0.119. The Labute approximate surface area is 186 Å². The highest BCUT2D eigenvalue weighted by molar-refractivity contribution is 7.15. The van der Waals surface area contributed by atoms with Crippen molar-refractivity contribution in [2.24, 2.45) is 5.73 Å². The van der Waals surface area contributed by atoms with Gasteiger partial charge in [0.2, 0.25) is 0 Å². The molecule has 0 aliphatic carbocycles. The van der Waals surface area contributed by atoms with E-state index in [-0.39, 0.29) is 12.5 Å². The highest BCUT2D eigenvalue weighted by Gasteiger charge is 2.14.